The zero-order valence-corrected chi connectivity index (χ0v) is 13.2. The number of likely N-dealkylation sites (tertiary alicyclic amines) is 1. The van der Waals surface area contributed by atoms with Crippen LogP contribution < -0.4 is 5.32 Å². The minimum absolute atomic E-state index is 0. The molecular formula is C13H26Cl2N2O2. The number of hydrogen-bond donors (Lipinski definition) is 1. The predicted molar refractivity (Wildman–Crippen MR) is 81.3 cm³/mol. The van der Waals surface area contributed by atoms with Crippen molar-refractivity contribution in [3.05, 3.63) is 0 Å². The molecule has 2 rings (SSSR count). The number of esters is 1. The molecule has 2 fully saturated rings. The molecule has 2 aliphatic heterocycles. The van der Waals surface area contributed by atoms with E-state index in [-0.39, 0.29) is 36.7 Å². The fourth-order valence-electron chi connectivity index (χ4n) is 2.93. The molecule has 0 atom stereocenters. The average molecular weight is 313 g/mol. The predicted octanol–water partition coefficient (Wildman–Crippen LogP) is 1.86. The number of rotatable bonds is 3. The Kier molecular flexibility index (Phi) is 9.79. The Balaban J connectivity index is 0.00000162. The van der Waals surface area contributed by atoms with Crippen molar-refractivity contribution in [3.8, 4) is 0 Å². The third-order valence-electron chi connectivity index (χ3n) is 3.97. The lowest BCUT2D eigenvalue weighted by Gasteiger charge is -2.38. The summed E-state index contributed by atoms with van der Waals surface area (Å²) in [6.45, 7) is 6.79. The summed E-state index contributed by atoms with van der Waals surface area (Å²) in [6.07, 6.45) is 4.46. The quantitative estimate of drug-likeness (QED) is 0.808. The van der Waals surface area contributed by atoms with Crippen molar-refractivity contribution < 1.29 is 9.53 Å². The number of ether oxygens (including phenoxy) is 1. The van der Waals surface area contributed by atoms with Crippen LogP contribution in [0.15, 0.2) is 0 Å². The Bertz CT molecular complexity index is 253. The van der Waals surface area contributed by atoms with E-state index in [9.17, 15) is 4.79 Å². The monoisotopic (exact) mass is 312 g/mol. The molecule has 114 valence electrons. The highest BCUT2D eigenvalue weighted by molar-refractivity contribution is 5.85. The summed E-state index contributed by atoms with van der Waals surface area (Å²) in [6, 6.07) is 0.736. The molecule has 0 aliphatic carbocycles. The number of hydrogen-bond acceptors (Lipinski definition) is 4. The lowest BCUT2D eigenvalue weighted by molar-refractivity contribution is -0.149. The first-order chi connectivity index (χ1) is 8.31. The van der Waals surface area contributed by atoms with Gasteiger partial charge in [-0.05, 0) is 58.8 Å². The molecule has 0 saturated carbocycles. The molecule has 0 unspecified atom stereocenters. The van der Waals surface area contributed by atoms with Crippen LogP contribution in [-0.4, -0.2) is 49.7 Å². The van der Waals surface area contributed by atoms with Crippen molar-refractivity contribution in [2.75, 3.05) is 32.8 Å². The maximum Gasteiger partial charge on any atom is 0.309 e. The molecule has 2 aliphatic rings. The summed E-state index contributed by atoms with van der Waals surface area (Å²) in [4.78, 5) is 14.2. The van der Waals surface area contributed by atoms with Gasteiger partial charge < -0.3 is 15.0 Å². The van der Waals surface area contributed by atoms with Gasteiger partial charge in [0, 0.05) is 6.04 Å². The number of carbonyl (C=O) groups is 1. The molecular weight excluding hydrogens is 287 g/mol. The largest absolute Gasteiger partial charge is 0.466 e. The molecule has 0 radical (unpaired) electrons. The number of carbonyl (C=O) groups excluding carboxylic acids is 1. The second-order valence-corrected chi connectivity index (χ2v) is 5.04. The van der Waals surface area contributed by atoms with Crippen molar-refractivity contribution in [2.45, 2.75) is 38.6 Å². The zero-order chi connectivity index (χ0) is 12.1. The van der Waals surface area contributed by atoms with Crippen molar-refractivity contribution in [3.63, 3.8) is 0 Å². The highest BCUT2D eigenvalue weighted by Gasteiger charge is 2.29. The van der Waals surface area contributed by atoms with E-state index in [1.54, 1.807) is 0 Å². The molecule has 0 aromatic heterocycles. The minimum Gasteiger partial charge on any atom is -0.466 e. The lowest BCUT2D eigenvalue weighted by atomic mass is 9.94. The van der Waals surface area contributed by atoms with E-state index in [0.717, 1.165) is 45.1 Å². The number of nitrogens with one attached hydrogen (secondary N) is 1. The number of piperidine rings is 2. The van der Waals surface area contributed by atoms with E-state index in [2.05, 4.69) is 10.2 Å². The maximum absolute atomic E-state index is 11.6. The Hall–Kier alpha value is -0.0300. The van der Waals surface area contributed by atoms with Crippen LogP contribution in [0, 0.1) is 5.92 Å². The van der Waals surface area contributed by atoms with Gasteiger partial charge in [0.05, 0.1) is 12.5 Å². The van der Waals surface area contributed by atoms with Crippen LogP contribution in [-0.2, 0) is 9.53 Å². The summed E-state index contributed by atoms with van der Waals surface area (Å²) < 4.78 is 5.09. The molecule has 19 heavy (non-hydrogen) atoms. The van der Waals surface area contributed by atoms with Crippen molar-refractivity contribution in [1.29, 1.82) is 0 Å². The molecule has 6 heteroatoms. The molecule has 2 heterocycles. The standard InChI is InChI=1S/C13H24N2O2.2ClH/c1-2-17-13(16)11-5-9-15(10-6-11)12-3-7-14-8-4-12;;/h11-12,14H,2-10H2,1H3;2*1H. The molecule has 0 amide bonds. The highest BCUT2D eigenvalue weighted by Crippen LogP contribution is 2.23. The van der Waals surface area contributed by atoms with Gasteiger partial charge in [0.1, 0.15) is 0 Å². The zero-order valence-electron chi connectivity index (χ0n) is 11.6. The molecule has 1 N–H and O–H groups in total. The first kappa shape index (κ1) is 19.0. The van der Waals surface area contributed by atoms with E-state index < -0.39 is 0 Å². The van der Waals surface area contributed by atoms with Crippen LogP contribution in [0.1, 0.15) is 32.6 Å². The first-order valence-electron chi connectivity index (χ1n) is 6.92. The van der Waals surface area contributed by atoms with Crippen molar-refractivity contribution >= 4 is 30.8 Å². The van der Waals surface area contributed by atoms with Gasteiger partial charge in [-0.3, -0.25) is 4.79 Å². The van der Waals surface area contributed by atoms with Crippen LogP contribution in [0.4, 0.5) is 0 Å². The van der Waals surface area contributed by atoms with Crippen LogP contribution in [0.3, 0.4) is 0 Å². The van der Waals surface area contributed by atoms with Gasteiger partial charge in [-0.2, -0.15) is 0 Å². The van der Waals surface area contributed by atoms with Gasteiger partial charge in [-0.1, -0.05) is 0 Å². The van der Waals surface area contributed by atoms with Crippen LogP contribution in [0.5, 0.6) is 0 Å². The topological polar surface area (TPSA) is 41.6 Å². The van der Waals surface area contributed by atoms with Crippen molar-refractivity contribution in [1.82, 2.24) is 10.2 Å². The summed E-state index contributed by atoms with van der Waals surface area (Å²) in [5.41, 5.74) is 0. The Labute approximate surface area is 128 Å². The van der Waals surface area contributed by atoms with E-state index in [0.29, 0.717) is 6.61 Å². The van der Waals surface area contributed by atoms with Gasteiger partial charge >= 0.3 is 5.97 Å². The first-order valence-corrected chi connectivity index (χ1v) is 6.92. The molecule has 0 bridgehead atoms. The molecule has 4 nitrogen and oxygen atoms in total. The summed E-state index contributed by atoms with van der Waals surface area (Å²) >= 11 is 0. The van der Waals surface area contributed by atoms with Crippen LogP contribution in [0.25, 0.3) is 0 Å². The lowest BCUT2D eigenvalue weighted by Crippen LogP contribution is -2.47. The van der Waals surface area contributed by atoms with E-state index in [1.807, 2.05) is 6.92 Å². The Morgan fingerprint density at radius 3 is 2.26 bits per heavy atom. The average Bonchev–Trinajstić information content (AvgIpc) is 2.40. The van der Waals surface area contributed by atoms with Crippen LogP contribution >= 0.6 is 24.8 Å². The number of nitrogens with zero attached hydrogens (tertiary/aromatic N) is 1. The molecule has 2 saturated heterocycles. The van der Waals surface area contributed by atoms with Crippen LogP contribution in [0.2, 0.25) is 0 Å². The summed E-state index contributed by atoms with van der Waals surface area (Å²) in [5.74, 6) is 0.158. The second kappa shape index (κ2) is 9.81. The van der Waals surface area contributed by atoms with E-state index in [4.69, 9.17) is 4.74 Å². The normalized spacial score (nSPS) is 22.2. The molecule has 0 aromatic rings. The van der Waals surface area contributed by atoms with Gasteiger partial charge in [-0.25, -0.2) is 0 Å². The van der Waals surface area contributed by atoms with Gasteiger partial charge in [0.25, 0.3) is 0 Å². The molecule has 0 spiro atoms. The molecule has 0 aromatic carbocycles. The van der Waals surface area contributed by atoms with E-state index in [1.165, 1.54) is 12.8 Å². The van der Waals surface area contributed by atoms with E-state index >= 15 is 0 Å². The van der Waals surface area contributed by atoms with Gasteiger partial charge in [-0.15, -0.1) is 24.8 Å². The van der Waals surface area contributed by atoms with Gasteiger partial charge in [0.15, 0.2) is 0 Å². The number of halogens is 2. The fourth-order valence-corrected chi connectivity index (χ4v) is 2.93. The van der Waals surface area contributed by atoms with Crippen molar-refractivity contribution in [2.24, 2.45) is 5.92 Å². The second-order valence-electron chi connectivity index (χ2n) is 5.04. The highest BCUT2D eigenvalue weighted by atomic mass is 35.5. The third kappa shape index (κ3) is 5.46. The third-order valence-corrected chi connectivity index (χ3v) is 3.97. The Morgan fingerprint density at radius 2 is 1.74 bits per heavy atom. The summed E-state index contributed by atoms with van der Waals surface area (Å²) in [5, 5.41) is 3.40. The SMILES string of the molecule is CCOC(=O)C1CCN(C2CCNCC2)CC1.Cl.Cl. The van der Waals surface area contributed by atoms with Gasteiger partial charge in [0.2, 0.25) is 0 Å². The fraction of sp³-hybridized carbons (Fsp3) is 0.923. The minimum atomic E-state index is 0. The smallest absolute Gasteiger partial charge is 0.309 e. The summed E-state index contributed by atoms with van der Waals surface area (Å²) in [7, 11) is 0. The Morgan fingerprint density at radius 1 is 1.16 bits per heavy atom. The maximum atomic E-state index is 11.6.